The molecule has 0 bridgehead atoms. The van der Waals surface area contributed by atoms with Crippen LogP contribution in [-0.4, -0.2) is 50.0 Å². The normalized spacial score (nSPS) is 14.9. The molecule has 2 amide bonds. The fourth-order valence-corrected chi connectivity index (χ4v) is 5.89. The highest BCUT2D eigenvalue weighted by molar-refractivity contribution is 7.92. The lowest BCUT2D eigenvalue weighted by Gasteiger charge is -2.34. The molecule has 1 aliphatic carbocycles. The van der Waals surface area contributed by atoms with Gasteiger partial charge in [-0.3, -0.25) is 13.9 Å². The molecule has 0 radical (unpaired) electrons. The lowest BCUT2D eigenvalue weighted by Crippen LogP contribution is -2.53. The number of hydrogen-bond acceptors (Lipinski definition) is 4. The van der Waals surface area contributed by atoms with Crippen LogP contribution in [0.3, 0.4) is 0 Å². The number of amides is 2. The number of nitrogens with one attached hydrogen (secondary N) is 1. The summed E-state index contributed by atoms with van der Waals surface area (Å²) in [5, 5.41) is 3.60. The van der Waals surface area contributed by atoms with E-state index in [1.165, 1.54) is 4.90 Å². The van der Waals surface area contributed by atoms with Gasteiger partial charge in [0, 0.05) is 17.6 Å². The van der Waals surface area contributed by atoms with Crippen LogP contribution in [0.1, 0.15) is 55.7 Å². The second-order valence-electron chi connectivity index (χ2n) is 9.56. The number of aryl methyl sites for hydroxylation is 2. The number of carbonyl (C=O) groups is 2. The molecule has 0 spiro atoms. The molecule has 0 aromatic heterocycles. The Bertz CT molecular complexity index is 1200. The summed E-state index contributed by atoms with van der Waals surface area (Å²) in [6, 6.07) is 12.0. The number of rotatable bonds is 10. The van der Waals surface area contributed by atoms with Crippen molar-refractivity contribution in [1.82, 2.24) is 10.2 Å². The topological polar surface area (TPSA) is 86.8 Å². The Kier molecular flexibility index (Phi) is 9.41. The van der Waals surface area contributed by atoms with E-state index in [9.17, 15) is 18.0 Å². The quantitative estimate of drug-likeness (QED) is 0.484. The Hall–Kier alpha value is -2.58. The summed E-state index contributed by atoms with van der Waals surface area (Å²) >= 11 is 6.07. The van der Waals surface area contributed by atoms with Gasteiger partial charge in [0.2, 0.25) is 21.8 Å². The summed E-state index contributed by atoms with van der Waals surface area (Å²) in [5.74, 6) is -0.633. The van der Waals surface area contributed by atoms with E-state index in [1.54, 1.807) is 25.1 Å². The number of carbonyl (C=O) groups excluding carboxylic acids is 2. The minimum atomic E-state index is -3.79. The zero-order chi connectivity index (χ0) is 26.5. The fourth-order valence-electron chi connectivity index (χ4n) is 4.75. The smallest absolute Gasteiger partial charge is 0.244 e. The van der Waals surface area contributed by atoms with Crippen LogP contribution in [0.2, 0.25) is 5.02 Å². The molecular weight excluding hydrogens is 498 g/mol. The van der Waals surface area contributed by atoms with Crippen LogP contribution in [0.15, 0.2) is 42.5 Å². The van der Waals surface area contributed by atoms with Crippen molar-refractivity contribution >= 4 is 39.1 Å². The third-order valence-electron chi connectivity index (χ3n) is 6.80. The van der Waals surface area contributed by atoms with Gasteiger partial charge in [-0.2, -0.15) is 0 Å². The van der Waals surface area contributed by atoms with Crippen LogP contribution in [-0.2, 0) is 26.2 Å². The monoisotopic (exact) mass is 533 g/mol. The van der Waals surface area contributed by atoms with Crippen molar-refractivity contribution in [3.8, 4) is 0 Å². The van der Waals surface area contributed by atoms with Gasteiger partial charge in [-0.15, -0.1) is 0 Å². The first-order valence-corrected chi connectivity index (χ1v) is 14.6. The summed E-state index contributed by atoms with van der Waals surface area (Å²) < 4.78 is 26.7. The van der Waals surface area contributed by atoms with E-state index < -0.39 is 28.5 Å². The molecule has 2 aromatic rings. The van der Waals surface area contributed by atoms with Gasteiger partial charge in [-0.05, 0) is 68.0 Å². The molecule has 1 N–H and O–H groups in total. The Labute approximate surface area is 219 Å². The molecular formula is C27H36ClN3O4S. The summed E-state index contributed by atoms with van der Waals surface area (Å²) in [4.78, 5) is 28.7. The molecule has 0 saturated heterocycles. The molecule has 3 rings (SSSR count). The number of halogens is 1. The van der Waals surface area contributed by atoms with E-state index in [0.717, 1.165) is 47.4 Å². The van der Waals surface area contributed by atoms with Crippen molar-refractivity contribution < 1.29 is 18.0 Å². The molecule has 1 atom stereocenters. The maximum atomic E-state index is 13.8. The summed E-state index contributed by atoms with van der Waals surface area (Å²) in [6.07, 6.45) is 5.52. The minimum Gasteiger partial charge on any atom is -0.352 e. The molecule has 1 saturated carbocycles. The van der Waals surface area contributed by atoms with Crippen LogP contribution in [0, 0.1) is 13.8 Å². The third kappa shape index (κ3) is 7.01. The van der Waals surface area contributed by atoms with Gasteiger partial charge in [0.05, 0.1) is 11.9 Å². The first kappa shape index (κ1) is 28.0. The van der Waals surface area contributed by atoms with Gasteiger partial charge in [0.15, 0.2) is 0 Å². The van der Waals surface area contributed by atoms with E-state index >= 15 is 0 Å². The lowest BCUT2D eigenvalue weighted by atomic mass is 10.1. The maximum Gasteiger partial charge on any atom is 0.244 e. The molecule has 0 heterocycles. The molecule has 0 aliphatic heterocycles. The van der Waals surface area contributed by atoms with Crippen molar-refractivity contribution in [3.63, 3.8) is 0 Å². The average Bonchev–Trinajstić information content (AvgIpc) is 3.31. The average molecular weight is 534 g/mol. The Balaban J connectivity index is 1.95. The first-order valence-electron chi connectivity index (χ1n) is 12.4. The molecule has 0 unspecified atom stereocenters. The van der Waals surface area contributed by atoms with Crippen LogP contribution >= 0.6 is 11.6 Å². The van der Waals surface area contributed by atoms with Gasteiger partial charge < -0.3 is 10.2 Å². The van der Waals surface area contributed by atoms with Crippen LogP contribution < -0.4 is 9.62 Å². The van der Waals surface area contributed by atoms with Crippen LogP contribution in [0.5, 0.6) is 0 Å². The van der Waals surface area contributed by atoms with E-state index in [1.807, 2.05) is 38.1 Å². The maximum absolute atomic E-state index is 13.8. The molecule has 196 valence electrons. The number of hydrogen-bond donors (Lipinski definition) is 1. The predicted octanol–water partition coefficient (Wildman–Crippen LogP) is 4.59. The second kappa shape index (κ2) is 12.1. The molecule has 7 nitrogen and oxygen atoms in total. The lowest BCUT2D eigenvalue weighted by molar-refractivity contribution is -0.140. The van der Waals surface area contributed by atoms with Gasteiger partial charge >= 0.3 is 0 Å². The van der Waals surface area contributed by atoms with E-state index in [2.05, 4.69) is 5.32 Å². The predicted molar refractivity (Wildman–Crippen MR) is 145 cm³/mol. The zero-order valence-corrected chi connectivity index (χ0v) is 23.0. The van der Waals surface area contributed by atoms with E-state index in [0.29, 0.717) is 22.7 Å². The zero-order valence-electron chi connectivity index (χ0n) is 21.5. The van der Waals surface area contributed by atoms with Crippen LogP contribution in [0.25, 0.3) is 0 Å². The SMILES string of the molecule is CC[C@@H](C(=O)NC1CCCC1)N(Cc1ccccc1C)C(=O)CN(c1ccc(Cl)cc1C)S(C)(=O)=O. The molecule has 2 aromatic carbocycles. The van der Waals surface area contributed by atoms with Gasteiger partial charge in [0.25, 0.3) is 0 Å². The number of anilines is 1. The Morgan fingerprint density at radius 1 is 1.08 bits per heavy atom. The molecule has 36 heavy (non-hydrogen) atoms. The largest absolute Gasteiger partial charge is 0.352 e. The first-order chi connectivity index (χ1) is 17.0. The summed E-state index contributed by atoms with van der Waals surface area (Å²) in [6.45, 7) is 5.37. The number of benzene rings is 2. The highest BCUT2D eigenvalue weighted by Gasteiger charge is 2.33. The molecule has 1 aliphatic rings. The van der Waals surface area contributed by atoms with Crippen LogP contribution in [0.4, 0.5) is 5.69 Å². The fraction of sp³-hybridized carbons (Fsp3) is 0.481. The highest BCUT2D eigenvalue weighted by Crippen LogP contribution is 2.26. The number of nitrogens with zero attached hydrogens (tertiary/aromatic N) is 2. The van der Waals surface area contributed by atoms with Crippen molar-refractivity contribution in [2.24, 2.45) is 0 Å². The second-order valence-corrected chi connectivity index (χ2v) is 11.9. The van der Waals surface area contributed by atoms with Crippen molar-refractivity contribution in [3.05, 3.63) is 64.2 Å². The Morgan fingerprint density at radius 3 is 2.33 bits per heavy atom. The minimum absolute atomic E-state index is 0.117. The van der Waals surface area contributed by atoms with Crippen molar-refractivity contribution in [2.45, 2.75) is 71.5 Å². The number of sulfonamides is 1. The van der Waals surface area contributed by atoms with E-state index in [-0.39, 0.29) is 18.5 Å². The summed E-state index contributed by atoms with van der Waals surface area (Å²) in [7, 11) is -3.79. The van der Waals surface area contributed by atoms with Crippen molar-refractivity contribution in [2.75, 3.05) is 17.1 Å². The van der Waals surface area contributed by atoms with Gasteiger partial charge in [-0.25, -0.2) is 8.42 Å². The highest BCUT2D eigenvalue weighted by atomic mass is 35.5. The van der Waals surface area contributed by atoms with Gasteiger partial charge in [-0.1, -0.05) is 55.6 Å². The van der Waals surface area contributed by atoms with Crippen molar-refractivity contribution in [1.29, 1.82) is 0 Å². The Morgan fingerprint density at radius 2 is 1.75 bits per heavy atom. The molecule has 9 heteroatoms. The van der Waals surface area contributed by atoms with Gasteiger partial charge in [0.1, 0.15) is 12.6 Å². The van der Waals surface area contributed by atoms with E-state index in [4.69, 9.17) is 11.6 Å². The summed E-state index contributed by atoms with van der Waals surface area (Å²) in [5.41, 5.74) is 2.92. The standard InChI is InChI=1S/C27H36ClN3O4S/c1-5-24(27(33)29-23-12-8-9-13-23)30(17-21-11-7-6-10-19(21)2)26(32)18-31(36(4,34)35)25-15-14-22(28)16-20(25)3/h6-7,10-11,14-16,23-24H,5,8-9,12-13,17-18H2,1-4H3,(H,29,33)/t24-/m0/s1. The molecule has 1 fully saturated rings. The third-order valence-corrected chi connectivity index (χ3v) is 8.16.